The van der Waals surface area contributed by atoms with Crippen LogP contribution < -0.4 is 20.6 Å². The van der Waals surface area contributed by atoms with E-state index in [2.05, 4.69) is 10.2 Å². The fourth-order valence-electron chi connectivity index (χ4n) is 3.28. The SMILES string of the molecule is O=C(COc1ccc2ccc(=O)oc2c1)Nc1ccccc1N1CCCC1. The van der Waals surface area contributed by atoms with Gasteiger partial charge in [0, 0.05) is 30.6 Å². The van der Waals surface area contributed by atoms with Gasteiger partial charge in [0.1, 0.15) is 11.3 Å². The van der Waals surface area contributed by atoms with Gasteiger partial charge in [-0.15, -0.1) is 0 Å². The monoisotopic (exact) mass is 364 g/mol. The van der Waals surface area contributed by atoms with Gasteiger partial charge in [-0.05, 0) is 43.2 Å². The minimum absolute atomic E-state index is 0.128. The third-order valence-corrected chi connectivity index (χ3v) is 4.59. The predicted octanol–water partition coefficient (Wildman–Crippen LogP) is 3.41. The van der Waals surface area contributed by atoms with Crippen LogP contribution in [-0.2, 0) is 4.79 Å². The second kappa shape index (κ2) is 7.53. The van der Waals surface area contributed by atoms with Gasteiger partial charge in [0.15, 0.2) is 6.61 Å². The number of ether oxygens (including phenoxy) is 1. The van der Waals surface area contributed by atoms with E-state index in [-0.39, 0.29) is 12.5 Å². The van der Waals surface area contributed by atoms with Gasteiger partial charge in [-0.3, -0.25) is 4.79 Å². The number of benzene rings is 2. The Morgan fingerprint density at radius 3 is 2.70 bits per heavy atom. The number of carbonyl (C=O) groups is 1. The largest absolute Gasteiger partial charge is 0.484 e. The molecule has 3 aromatic rings. The van der Waals surface area contributed by atoms with Crippen LogP contribution in [0.25, 0.3) is 11.0 Å². The van der Waals surface area contributed by atoms with E-state index < -0.39 is 5.63 Å². The number of rotatable bonds is 5. The van der Waals surface area contributed by atoms with Crippen LogP contribution in [0, 0.1) is 0 Å². The molecule has 1 aromatic heterocycles. The number of nitrogens with zero attached hydrogens (tertiary/aromatic N) is 1. The summed E-state index contributed by atoms with van der Waals surface area (Å²) in [5.74, 6) is 0.232. The number of para-hydroxylation sites is 2. The molecule has 1 aliphatic rings. The molecule has 2 heterocycles. The highest BCUT2D eigenvalue weighted by Gasteiger charge is 2.16. The number of hydrogen-bond acceptors (Lipinski definition) is 5. The molecule has 0 atom stereocenters. The van der Waals surface area contributed by atoms with E-state index in [9.17, 15) is 9.59 Å². The first kappa shape index (κ1) is 17.1. The average Bonchev–Trinajstić information content (AvgIpc) is 3.21. The van der Waals surface area contributed by atoms with Crippen molar-refractivity contribution in [3.05, 3.63) is 65.0 Å². The third kappa shape index (κ3) is 3.95. The molecule has 1 N–H and O–H groups in total. The predicted molar refractivity (Wildman–Crippen MR) is 104 cm³/mol. The van der Waals surface area contributed by atoms with E-state index in [0.29, 0.717) is 11.3 Å². The molecule has 0 aliphatic carbocycles. The molecular formula is C21H20N2O4. The molecule has 6 nitrogen and oxygen atoms in total. The van der Waals surface area contributed by atoms with E-state index in [4.69, 9.17) is 9.15 Å². The molecule has 1 aliphatic heterocycles. The van der Waals surface area contributed by atoms with Crippen molar-refractivity contribution < 1.29 is 13.9 Å². The van der Waals surface area contributed by atoms with Gasteiger partial charge in [0.25, 0.3) is 5.91 Å². The Kier molecular flexibility index (Phi) is 4.78. The number of nitrogens with one attached hydrogen (secondary N) is 1. The number of anilines is 2. The van der Waals surface area contributed by atoms with Gasteiger partial charge in [-0.1, -0.05) is 12.1 Å². The van der Waals surface area contributed by atoms with E-state index in [1.165, 1.54) is 18.9 Å². The fourth-order valence-corrected chi connectivity index (χ4v) is 3.28. The minimum Gasteiger partial charge on any atom is -0.484 e. The van der Waals surface area contributed by atoms with Crippen molar-refractivity contribution in [3.8, 4) is 5.75 Å². The van der Waals surface area contributed by atoms with E-state index in [0.717, 1.165) is 29.9 Å². The summed E-state index contributed by atoms with van der Waals surface area (Å²) in [5.41, 5.74) is 1.84. The first-order chi connectivity index (χ1) is 13.2. The van der Waals surface area contributed by atoms with Crippen LogP contribution in [0.2, 0.25) is 0 Å². The highest BCUT2D eigenvalue weighted by molar-refractivity contribution is 5.95. The topological polar surface area (TPSA) is 71.8 Å². The summed E-state index contributed by atoms with van der Waals surface area (Å²) in [7, 11) is 0. The number of fused-ring (bicyclic) bond motifs is 1. The van der Waals surface area contributed by atoms with Crippen molar-refractivity contribution in [1.82, 2.24) is 0 Å². The Hall–Kier alpha value is -3.28. The lowest BCUT2D eigenvalue weighted by Gasteiger charge is -2.21. The fraction of sp³-hybridized carbons (Fsp3) is 0.238. The minimum atomic E-state index is -0.420. The van der Waals surface area contributed by atoms with E-state index >= 15 is 0 Å². The van der Waals surface area contributed by atoms with Crippen LogP contribution in [0.4, 0.5) is 11.4 Å². The van der Waals surface area contributed by atoms with E-state index in [1.807, 2.05) is 24.3 Å². The summed E-state index contributed by atoms with van der Waals surface area (Å²) in [4.78, 5) is 26.0. The lowest BCUT2D eigenvalue weighted by Crippen LogP contribution is -2.24. The maximum atomic E-state index is 12.3. The highest BCUT2D eigenvalue weighted by atomic mass is 16.5. The lowest BCUT2D eigenvalue weighted by molar-refractivity contribution is -0.118. The molecule has 0 bridgehead atoms. The molecule has 0 saturated carbocycles. The van der Waals surface area contributed by atoms with Crippen molar-refractivity contribution in [2.24, 2.45) is 0 Å². The summed E-state index contributed by atoms with van der Waals surface area (Å²) < 4.78 is 10.7. The molecule has 1 fully saturated rings. The normalized spacial score (nSPS) is 13.7. The zero-order valence-corrected chi connectivity index (χ0v) is 14.8. The first-order valence-corrected chi connectivity index (χ1v) is 8.99. The molecule has 0 unspecified atom stereocenters. The molecule has 0 radical (unpaired) electrons. The Morgan fingerprint density at radius 1 is 1.07 bits per heavy atom. The summed E-state index contributed by atoms with van der Waals surface area (Å²) in [6.07, 6.45) is 2.34. The second-order valence-corrected chi connectivity index (χ2v) is 6.50. The summed E-state index contributed by atoms with van der Waals surface area (Å²) in [6, 6.07) is 16.0. The zero-order chi connectivity index (χ0) is 18.6. The van der Waals surface area contributed by atoms with Gasteiger partial charge in [0.2, 0.25) is 0 Å². The summed E-state index contributed by atoms with van der Waals surface area (Å²) >= 11 is 0. The van der Waals surface area contributed by atoms with Gasteiger partial charge in [-0.25, -0.2) is 4.79 Å². The van der Waals surface area contributed by atoms with Crippen molar-refractivity contribution in [1.29, 1.82) is 0 Å². The van der Waals surface area contributed by atoms with E-state index in [1.54, 1.807) is 24.3 Å². The molecule has 4 rings (SSSR count). The quantitative estimate of drug-likeness (QED) is 0.703. The smallest absolute Gasteiger partial charge is 0.336 e. The van der Waals surface area contributed by atoms with Crippen LogP contribution >= 0.6 is 0 Å². The second-order valence-electron chi connectivity index (χ2n) is 6.50. The zero-order valence-electron chi connectivity index (χ0n) is 14.8. The Morgan fingerprint density at radius 2 is 1.85 bits per heavy atom. The Balaban J connectivity index is 1.42. The first-order valence-electron chi connectivity index (χ1n) is 8.99. The van der Waals surface area contributed by atoms with Crippen molar-refractivity contribution in [3.63, 3.8) is 0 Å². The molecule has 0 spiro atoms. The summed E-state index contributed by atoms with van der Waals surface area (Å²) in [6.45, 7) is 1.88. The maximum Gasteiger partial charge on any atom is 0.336 e. The van der Waals surface area contributed by atoms with Gasteiger partial charge < -0.3 is 19.4 Å². The van der Waals surface area contributed by atoms with Crippen LogP contribution in [0.3, 0.4) is 0 Å². The number of amides is 1. The Labute approximate surface area is 156 Å². The van der Waals surface area contributed by atoms with Crippen LogP contribution in [0.1, 0.15) is 12.8 Å². The molecule has 6 heteroatoms. The van der Waals surface area contributed by atoms with Gasteiger partial charge in [-0.2, -0.15) is 0 Å². The highest BCUT2D eigenvalue weighted by Crippen LogP contribution is 2.28. The van der Waals surface area contributed by atoms with Crippen molar-refractivity contribution in [2.45, 2.75) is 12.8 Å². The van der Waals surface area contributed by atoms with Crippen LogP contribution in [0.5, 0.6) is 5.75 Å². The number of hydrogen-bond donors (Lipinski definition) is 1. The molecule has 1 saturated heterocycles. The molecule has 2 aromatic carbocycles. The van der Waals surface area contributed by atoms with Crippen LogP contribution in [-0.4, -0.2) is 25.6 Å². The molecule has 138 valence electrons. The maximum absolute atomic E-state index is 12.3. The van der Waals surface area contributed by atoms with Crippen molar-refractivity contribution in [2.75, 3.05) is 29.9 Å². The molecular weight excluding hydrogens is 344 g/mol. The van der Waals surface area contributed by atoms with Crippen molar-refractivity contribution >= 4 is 28.3 Å². The molecule has 27 heavy (non-hydrogen) atoms. The van der Waals surface area contributed by atoms with Gasteiger partial charge >= 0.3 is 5.63 Å². The molecule has 1 amide bonds. The number of carbonyl (C=O) groups excluding carboxylic acids is 1. The Bertz CT molecular complexity index is 1020. The van der Waals surface area contributed by atoms with Crippen LogP contribution in [0.15, 0.2) is 63.8 Å². The lowest BCUT2D eigenvalue weighted by atomic mass is 10.2. The summed E-state index contributed by atoms with van der Waals surface area (Å²) in [5, 5.41) is 3.72. The average molecular weight is 364 g/mol. The van der Waals surface area contributed by atoms with Gasteiger partial charge in [0.05, 0.1) is 11.4 Å². The standard InChI is InChI=1S/C21H20N2O4/c24-20(22-17-5-1-2-6-18(17)23-11-3-4-12-23)14-26-16-9-7-15-8-10-21(25)27-19(15)13-16/h1-2,5-10,13H,3-4,11-12,14H2,(H,22,24). The third-order valence-electron chi connectivity index (χ3n) is 4.59.